The van der Waals surface area contributed by atoms with E-state index in [-0.39, 0.29) is 17.2 Å². The maximum absolute atomic E-state index is 13.4. The number of ether oxygens (including phenoxy) is 1. The van der Waals surface area contributed by atoms with Crippen molar-refractivity contribution in [2.75, 3.05) is 18.9 Å². The normalized spacial score (nSPS) is 19.6. The Labute approximate surface area is 192 Å². The Morgan fingerprint density at radius 1 is 1.21 bits per heavy atom. The van der Waals surface area contributed by atoms with E-state index < -0.39 is 17.8 Å². The van der Waals surface area contributed by atoms with Crippen molar-refractivity contribution in [2.45, 2.75) is 58.0 Å². The number of nitrogens with zero attached hydrogens (tertiary/aromatic N) is 3. The van der Waals surface area contributed by atoms with E-state index >= 15 is 0 Å². The molecule has 2 atom stereocenters. The Morgan fingerprint density at radius 3 is 2.64 bits per heavy atom. The molecule has 176 valence electrons. The van der Waals surface area contributed by atoms with Crippen LogP contribution in [0.2, 0.25) is 0 Å². The molecule has 0 saturated carbocycles. The topological polar surface area (TPSA) is 50.3 Å². The van der Waals surface area contributed by atoms with Crippen LogP contribution >= 0.6 is 0 Å². The van der Waals surface area contributed by atoms with Gasteiger partial charge in [-0.15, -0.1) is 5.10 Å². The number of fused-ring (bicyclic) bond motifs is 1. The number of alkyl halides is 3. The average molecular weight is 459 g/mol. The SMILES string of the molecule is Cc1c(C(C)Nc2nncc3ccc(OC4CCN(C)C4(C)C)cc23)cccc1C(F)(F)F. The maximum Gasteiger partial charge on any atom is 0.416 e. The molecule has 1 aliphatic rings. The van der Waals surface area contributed by atoms with Crippen LogP contribution in [0, 0.1) is 6.92 Å². The number of aromatic nitrogens is 2. The third-order valence-electron chi connectivity index (χ3n) is 6.91. The summed E-state index contributed by atoms with van der Waals surface area (Å²) in [7, 11) is 2.10. The van der Waals surface area contributed by atoms with Gasteiger partial charge < -0.3 is 10.1 Å². The van der Waals surface area contributed by atoms with E-state index in [9.17, 15) is 13.2 Å². The van der Waals surface area contributed by atoms with Gasteiger partial charge in [-0.3, -0.25) is 4.90 Å². The van der Waals surface area contributed by atoms with Gasteiger partial charge in [0.25, 0.3) is 0 Å². The summed E-state index contributed by atoms with van der Waals surface area (Å²) in [6, 6.07) is 9.61. The molecule has 0 radical (unpaired) electrons. The smallest absolute Gasteiger partial charge is 0.416 e. The van der Waals surface area contributed by atoms with Crippen LogP contribution in [-0.4, -0.2) is 40.3 Å². The summed E-state index contributed by atoms with van der Waals surface area (Å²) in [5.41, 5.74) is 0.0567. The number of likely N-dealkylation sites (tertiary alicyclic amines) is 1. The van der Waals surface area contributed by atoms with E-state index in [1.54, 1.807) is 12.3 Å². The van der Waals surface area contributed by atoms with Gasteiger partial charge in [-0.05, 0) is 76.6 Å². The minimum absolute atomic E-state index is 0.0536. The van der Waals surface area contributed by atoms with E-state index in [0.717, 1.165) is 35.6 Å². The third kappa shape index (κ3) is 4.49. The highest BCUT2D eigenvalue weighted by atomic mass is 19.4. The third-order valence-corrected chi connectivity index (χ3v) is 6.91. The van der Waals surface area contributed by atoms with Crippen molar-refractivity contribution in [2.24, 2.45) is 0 Å². The van der Waals surface area contributed by atoms with Crippen molar-refractivity contribution < 1.29 is 17.9 Å². The largest absolute Gasteiger partial charge is 0.488 e. The summed E-state index contributed by atoms with van der Waals surface area (Å²) >= 11 is 0. The first-order valence-electron chi connectivity index (χ1n) is 11.0. The minimum atomic E-state index is -4.40. The van der Waals surface area contributed by atoms with Crippen LogP contribution < -0.4 is 10.1 Å². The van der Waals surface area contributed by atoms with Crippen molar-refractivity contribution in [1.82, 2.24) is 15.1 Å². The second-order valence-electron chi connectivity index (χ2n) is 9.30. The number of hydrogen-bond acceptors (Lipinski definition) is 5. The summed E-state index contributed by atoms with van der Waals surface area (Å²) in [4.78, 5) is 2.29. The average Bonchev–Trinajstić information content (AvgIpc) is 3.00. The fraction of sp³-hybridized carbons (Fsp3) is 0.440. The number of likely N-dealkylation sites (N-methyl/N-ethyl adjacent to an activating group) is 1. The standard InChI is InChI=1S/C25H29F3N4O/c1-15-19(7-6-8-21(15)25(26,27)28)16(2)30-23-20-13-18(10-9-17(20)14-29-31-23)33-22-11-12-32(5)24(22,3)4/h6-10,13-14,16,22H,11-12H2,1-5H3,(H,30,31). The van der Waals surface area contributed by atoms with Crippen LogP contribution in [0.5, 0.6) is 5.75 Å². The monoisotopic (exact) mass is 458 g/mol. The van der Waals surface area contributed by atoms with E-state index in [4.69, 9.17) is 4.74 Å². The highest BCUT2D eigenvalue weighted by Gasteiger charge is 2.40. The Bertz CT molecular complexity index is 1160. The highest BCUT2D eigenvalue weighted by Crippen LogP contribution is 2.36. The lowest BCUT2D eigenvalue weighted by Gasteiger charge is -2.33. The van der Waals surface area contributed by atoms with Crippen LogP contribution in [0.1, 0.15) is 49.9 Å². The van der Waals surface area contributed by atoms with Crippen molar-refractivity contribution in [1.29, 1.82) is 0 Å². The first kappa shape index (κ1) is 23.3. The van der Waals surface area contributed by atoms with Gasteiger partial charge in [-0.1, -0.05) is 12.1 Å². The summed E-state index contributed by atoms with van der Waals surface area (Å²) < 4.78 is 46.4. The number of hydrogen-bond donors (Lipinski definition) is 1. The van der Waals surface area contributed by atoms with Crippen molar-refractivity contribution in [3.05, 3.63) is 59.3 Å². The van der Waals surface area contributed by atoms with E-state index in [0.29, 0.717) is 11.4 Å². The first-order chi connectivity index (χ1) is 15.5. The second-order valence-corrected chi connectivity index (χ2v) is 9.30. The summed E-state index contributed by atoms with van der Waals surface area (Å²) in [6.07, 6.45) is -1.74. The molecule has 2 heterocycles. The molecule has 1 aliphatic heterocycles. The zero-order valence-corrected chi connectivity index (χ0v) is 19.5. The summed E-state index contributed by atoms with van der Waals surface area (Å²) in [5, 5.41) is 13.2. The molecule has 33 heavy (non-hydrogen) atoms. The fourth-order valence-electron chi connectivity index (χ4n) is 4.51. The molecule has 0 amide bonds. The Hall–Kier alpha value is -2.87. The number of rotatable bonds is 5. The number of anilines is 1. The predicted octanol–water partition coefficient (Wildman–Crippen LogP) is 5.99. The quantitative estimate of drug-likeness (QED) is 0.509. The summed E-state index contributed by atoms with van der Waals surface area (Å²) in [6.45, 7) is 8.63. The van der Waals surface area contributed by atoms with Gasteiger partial charge in [0, 0.05) is 17.3 Å². The molecular weight excluding hydrogens is 429 g/mol. The maximum atomic E-state index is 13.4. The van der Waals surface area contributed by atoms with Gasteiger partial charge in [0.1, 0.15) is 11.9 Å². The van der Waals surface area contributed by atoms with Crippen LogP contribution in [0.25, 0.3) is 10.8 Å². The van der Waals surface area contributed by atoms with Crippen molar-refractivity contribution in [3.63, 3.8) is 0 Å². The molecule has 1 fully saturated rings. The van der Waals surface area contributed by atoms with Gasteiger partial charge in [-0.2, -0.15) is 18.3 Å². The molecule has 0 spiro atoms. The van der Waals surface area contributed by atoms with Gasteiger partial charge in [-0.25, -0.2) is 0 Å². The Kier molecular flexibility index (Phi) is 5.99. The van der Waals surface area contributed by atoms with Crippen molar-refractivity contribution >= 4 is 16.6 Å². The number of nitrogens with one attached hydrogen (secondary N) is 1. The van der Waals surface area contributed by atoms with E-state index in [2.05, 4.69) is 41.3 Å². The molecule has 8 heteroatoms. The lowest BCUT2D eigenvalue weighted by molar-refractivity contribution is -0.138. The molecular formula is C25H29F3N4O. The van der Waals surface area contributed by atoms with Crippen LogP contribution in [-0.2, 0) is 6.18 Å². The molecule has 0 bridgehead atoms. The molecule has 3 aromatic rings. The Morgan fingerprint density at radius 2 is 1.97 bits per heavy atom. The molecule has 0 aliphatic carbocycles. The predicted molar refractivity (Wildman–Crippen MR) is 123 cm³/mol. The molecule has 1 saturated heterocycles. The summed E-state index contributed by atoms with van der Waals surface area (Å²) in [5.74, 6) is 1.24. The van der Waals surface area contributed by atoms with E-state index in [1.165, 1.54) is 13.0 Å². The second kappa shape index (κ2) is 8.48. The van der Waals surface area contributed by atoms with Gasteiger partial charge in [0.05, 0.1) is 23.3 Å². The van der Waals surface area contributed by atoms with Crippen molar-refractivity contribution in [3.8, 4) is 5.75 Å². The lowest BCUT2D eigenvalue weighted by Crippen LogP contribution is -2.45. The van der Waals surface area contributed by atoms with Gasteiger partial charge in [0.2, 0.25) is 0 Å². The number of halogens is 3. The van der Waals surface area contributed by atoms with E-state index in [1.807, 2.05) is 25.1 Å². The molecule has 5 nitrogen and oxygen atoms in total. The molecule has 1 N–H and O–H groups in total. The molecule has 2 unspecified atom stereocenters. The van der Waals surface area contributed by atoms with Crippen LogP contribution in [0.15, 0.2) is 42.6 Å². The molecule has 4 rings (SSSR count). The fourth-order valence-corrected chi connectivity index (χ4v) is 4.51. The lowest BCUT2D eigenvalue weighted by atomic mass is 9.97. The van der Waals surface area contributed by atoms with Gasteiger partial charge in [0.15, 0.2) is 5.82 Å². The zero-order valence-electron chi connectivity index (χ0n) is 19.5. The molecule has 1 aromatic heterocycles. The van der Waals surface area contributed by atoms with Crippen LogP contribution in [0.4, 0.5) is 19.0 Å². The molecule has 2 aromatic carbocycles. The van der Waals surface area contributed by atoms with Gasteiger partial charge >= 0.3 is 6.18 Å². The number of benzene rings is 2. The minimum Gasteiger partial charge on any atom is -0.488 e. The highest BCUT2D eigenvalue weighted by molar-refractivity contribution is 5.92. The zero-order chi connectivity index (χ0) is 24.0. The first-order valence-corrected chi connectivity index (χ1v) is 11.0. The Balaban J connectivity index is 1.63. The van der Waals surface area contributed by atoms with Crippen LogP contribution in [0.3, 0.4) is 0 Å².